The number of carbonyl (C=O) groups is 1. The van der Waals surface area contributed by atoms with Crippen molar-refractivity contribution in [2.75, 3.05) is 55.7 Å². The van der Waals surface area contributed by atoms with Gasteiger partial charge in [-0.05, 0) is 37.6 Å². The number of benzene rings is 1. The summed E-state index contributed by atoms with van der Waals surface area (Å²) in [5.74, 6) is 0.621. The van der Waals surface area contributed by atoms with Crippen molar-refractivity contribution in [2.45, 2.75) is 19.4 Å². The molecule has 0 radical (unpaired) electrons. The molecule has 0 spiro atoms. The number of rotatable bonds is 5. The molecule has 8 heteroatoms. The molecule has 7 nitrogen and oxygen atoms in total. The van der Waals surface area contributed by atoms with Gasteiger partial charge in [0.2, 0.25) is 0 Å². The minimum Gasteiger partial charge on any atom is -0.508 e. The van der Waals surface area contributed by atoms with Gasteiger partial charge in [-0.1, -0.05) is 0 Å². The summed E-state index contributed by atoms with van der Waals surface area (Å²) in [6.45, 7) is 6.36. The van der Waals surface area contributed by atoms with Crippen LogP contribution in [0.2, 0.25) is 0 Å². The zero-order valence-electron chi connectivity index (χ0n) is 15.2. The molecule has 3 rings (SSSR count). The molecule has 1 amide bonds. The minimum atomic E-state index is -2.98. The van der Waals surface area contributed by atoms with E-state index in [9.17, 15) is 18.3 Å². The van der Waals surface area contributed by atoms with E-state index in [0.717, 1.165) is 31.9 Å². The summed E-state index contributed by atoms with van der Waals surface area (Å²) >= 11 is 0. The minimum absolute atomic E-state index is 0.0580. The number of phenolic OH excluding ortho intramolecular Hbond substituents is 1. The van der Waals surface area contributed by atoms with Gasteiger partial charge >= 0.3 is 0 Å². The van der Waals surface area contributed by atoms with Gasteiger partial charge in [0.15, 0.2) is 16.4 Å². The quantitative estimate of drug-likeness (QED) is 0.692. The molecule has 2 heterocycles. The number of hydrogen-bond donors (Lipinski definition) is 2. The van der Waals surface area contributed by atoms with Crippen molar-refractivity contribution in [3.63, 3.8) is 0 Å². The zero-order chi connectivity index (χ0) is 18.7. The normalized spacial score (nSPS) is 23.1. The van der Waals surface area contributed by atoms with Gasteiger partial charge in [0, 0.05) is 18.3 Å². The highest BCUT2D eigenvalue weighted by molar-refractivity contribution is 7.91. The van der Waals surface area contributed by atoms with Crippen LogP contribution in [-0.4, -0.2) is 81.1 Å². The highest BCUT2D eigenvalue weighted by atomic mass is 32.2. The van der Waals surface area contributed by atoms with E-state index in [1.165, 1.54) is 4.90 Å². The standard InChI is InChI=1S/C18H27N3O4S/c1-2-21(16-7-12-26(24,25)14-16)18(23)13-19-8-10-20(11-9-19)15-3-5-17(22)6-4-15/h3-6,16,22H,2,7-14H2,1H3/p+1/t16-/m1/s1. The van der Waals surface area contributed by atoms with Crippen LogP contribution in [0.1, 0.15) is 13.3 Å². The van der Waals surface area contributed by atoms with Crippen LogP contribution in [0.4, 0.5) is 5.69 Å². The van der Waals surface area contributed by atoms with Crippen LogP contribution in [0.15, 0.2) is 24.3 Å². The third-order valence-corrected chi connectivity index (χ3v) is 7.15. The van der Waals surface area contributed by atoms with Crippen molar-refractivity contribution in [3.8, 4) is 5.75 Å². The molecule has 2 aliphatic rings. The Hall–Kier alpha value is -1.80. The van der Waals surface area contributed by atoms with Crippen molar-refractivity contribution >= 4 is 21.4 Å². The monoisotopic (exact) mass is 382 g/mol. The maximum absolute atomic E-state index is 12.7. The predicted molar refractivity (Wildman–Crippen MR) is 100 cm³/mol. The number of sulfone groups is 1. The summed E-state index contributed by atoms with van der Waals surface area (Å²) in [7, 11) is -2.98. The van der Waals surface area contributed by atoms with E-state index in [2.05, 4.69) is 4.90 Å². The smallest absolute Gasteiger partial charge is 0.278 e. The molecule has 0 bridgehead atoms. The molecule has 2 fully saturated rings. The average molecular weight is 383 g/mol. The first kappa shape index (κ1) is 19.0. The molecule has 0 aromatic heterocycles. The fraction of sp³-hybridized carbons (Fsp3) is 0.611. The number of carbonyl (C=O) groups excluding carboxylic acids is 1. The van der Waals surface area contributed by atoms with E-state index in [0.29, 0.717) is 19.5 Å². The number of quaternary nitrogens is 1. The highest BCUT2D eigenvalue weighted by Gasteiger charge is 2.35. The molecular formula is C18H28N3O4S+. The second kappa shape index (κ2) is 7.84. The van der Waals surface area contributed by atoms with Gasteiger partial charge in [-0.3, -0.25) is 4.79 Å². The van der Waals surface area contributed by atoms with Crippen molar-refractivity contribution in [1.82, 2.24) is 4.90 Å². The Morgan fingerprint density at radius 2 is 1.92 bits per heavy atom. The molecule has 1 aromatic carbocycles. The van der Waals surface area contributed by atoms with Crippen LogP contribution in [0, 0.1) is 0 Å². The fourth-order valence-electron chi connectivity index (χ4n) is 3.90. The number of likely N-dealkylation sites (N-methyl/N-ethyl adjacent to an activating group) is 1. The molecule has 2 N–H and O–H groups in total. The first-order chi connectivity index (χ1) is 12.4. The number of piperazine rings is 1. The number of nitrogens with zero attached hydrogens (tertiary/aromatic N) is 2. The van der Waals surface area contributed by atoms with Gasteiger partial charge < -0.3 is 19.8 Å². The predicted octanol–water partition coefficient (Wildman–Crippen LogP) is -0.867. The van der Waals surface area contributed by atoms with Gasteiger partial charge in [0.05, 0.1) is 37.7 Å². The Balaban J connectivity index is 1.51. The number of aromatic hydroxyl groups is 1. The first-order valence-electron chi connectivity index (χ1n) is 9.25. The third-order valence-electron chi connectivity index (χ3n) is 5.40. The number of amides is 1. The summed E-state index contributed by atoms with van der Waals surface area (Å²) in [5.41, 5.74) is 1.08. The second-order valence-electron chi connectivity index (χ2n) is 7.17. The van der Waals surface area contributed by atoms with Crippen molar-refractivity contribution < 1.29 is 23.2 Å². The van der Waals surface area contributed by atoms with Gasteiger partial charge in [-0.15, -0.1) is 0 Å². The lowest BCUT2D eigenvalue weighted by atomic mass is 10.2. The second-order valence-corrected chi connectivity index (χ2v) is 9.40. The molecule has 26 heavy (non-hydrogen) atoms. The maximum Gasteiger partial charge on any atom is 0.278 e. The maximum atomic E-state index is 12.7. The largest absolute Gasteiger partial charge is 0.508 e. The Morgan fingerprint density at radius 3 is 2.46 bits per heavy atom. The summed E-state index contributed by atoms with van der Waals surface area (Å²) in [6, 6.07) is 7.03. The number of phenols is 1. The van der Waals surface area contributed by atoms with Gasteiger partial charge in [-0.2, -0.15) is 0 Å². The molecule has 2 saturated heterocycles. The summed E-state index contributed by atoms with van der Waals surface area (Å²) in [4.78, 5) is 18.0. The third kappa shape index (κ3) is 4.48. The SMILES string of the molecule is CCN(C(=O)C[NH+]1CCN(c2ccc(O)cc2)CC1)[C@@H]1CCS(=O)(=O)C1. The topological polar surface area (TPSA) is 82.4 Å². The lowest BCUT2D eigenvalue weighted by Crippen LogP contribution is -3.16. The summed E-state index contributed by atoms with van der Waals surface area (Å²) < 4.78 is 23.4. The van der Waals surface area contributed by atoms with Crippen LogP contribution in [0.25, 0.3) is 0 Å². The zero-order valence-corrected chi connectivity index (χ0v) is 16.0. The number of anilines is 1. The fourth-order valence-corrected chi connectivity index (χ4v) is 5.63. The van der Waals surface area contributed by atoms with Gasteiger partial charge in [0.25, 0.3) is 5.91 Å². The van der Waals surface area contributed by atoms with E-state index < -0.39 is 9.84 Å². The van der Waals surface area contributed by atoms with Crippen LogP contribution in [0.3, 0.4) is 0 Å². The lowest BCUT2D eigenvalue weighted by Gasteiger charge is -2.35. The molecule has 0 saturated carbocycles. The van der Waals surface area contributed by atoms with E-state index in [1.807, 2.05) is 19.1 Å². The van der Waals surface area contributed by atoms with E-state index in [4.69, 9.17) is 0 Å². The first-order valence-corrected chi connectivity index (χ1v) is 11.1. The lowest BCUT2D eigenvalue weighted by molar-refractivity contribution is -0.892. The Labute approximate surface area is 155 Å². The van der Waals surface area contributed by atoms with Gasteiger partial charge in [-0.25, -0.2) is 8.42 Å². The molecular weight excluding hydrogens is 354 g/mol. The molecule has 2 aliphatic heterocycles. The molecule has 144 valence electrons. The Bertz CT molecular complexity index is 727. The molecule has 0 aliphatic carbocycles. The average Bonchev–Trinajstić information content (AvgIpc) is 2.96. The molecule has 1 aromatic rings. The van der Waals surface area contributed by atoms with E-state index >= 15 is 0 Å². The van der Waals surface area contributed by atoms with Crippen molar-refractivity contribution in [3.05, 3.63) is 24.3 Å². The number of hydrogen-bond acceptors (Lipinski definition) is 5. The van der Waals surface area contributed by atoms with Crippen molar-refractivity contribution in [2.24, 2.45) is 0 Å². The molecule has 0 unspecified atom stereocenters. The Morgan fingerprint density at radius 1 is 1.27 bits per heavy atom. The van der Waals surface area contributed by atoms with E-state index in [-0.39, 0.29) is 29.2 Å². The van der Waals surface area contributed by atoms with Crippen LogP contribution in [0.5, 0.6) is 5.75 Å². The highest BCUT2D eigenvalue weighted by Crippen LogP contribution is 2.19. The van der Waals surface area contributed by atoms with Crippen molar-refractivity contribution in [1.29, 1.82) is 0 Å². The van der Waals surface area contributed by atoms with Gasteiger partial charge in [0.1, 0.15) is 5.75 Å². The number of nitrogens with one attached hydrogen (secondary N) is 1. The van der Waals surface area contributed by atoms with Crippen LogP contribution in [-0.2, 0) is 14.6 Å². The van der Waals surface area contributed by atoms with Crippen LogP contribution < -0.4 is 9.80 Å². The van der Waals surface area contributed by atoms with E-state index in [1.54, 1.807) is 17.0 Å². The summed E-state index contributed by atoms with van der Waals surface area (Å²) in [6.07, 6.45) is 0.561. The molecule has 1 atom stereocenters. The summed E-state index contributed by atoms with van der Waals surface area (Å²) in [5, 5.41) is 9.39. The van der Waals surface area contributed by atoms with Crippen LogP contribution >= 0.6 is 0 Å². The Kier molecular flexibility index (Phi) is 5.72.